The van der Waals surface area contributed by atoms with Gasteiger partial charge in [0.15, 0.2) is 0 Å². The fourth-order valence-corrected chi connectivity index (χ4v) is 1.33. The number of carbonyl (C=O) groups excluding carboxylic acids is 1. The zero-order valence-electron chi connectivity index (χ0n) is 8.87. The number of rotatable bonds is 2. The minimum Gasteiger partial charge on any atom is -0.280 e. The average molecular weight is 213 g/mol. The van der Waals surface area contributed by atoms with Crippen LogP contribution in [0.2, 0.25) is 0 Å². The van der Waals surface area contributed by atoms with E-state index in [0.29, 0.717) is 11.5 Å². The number of benzene rings is 1. The SMILES string of the molecule is CN(C(=O)c1ccccc1)c1ncccn1. The number of anilines is 1. The topological polar surface area (TPSA) is 46.1 Å². The zero-order valence-corrected chi connectivity index (χ0v) is 8.87. The predicted octanol–water partition coefficient (Wildman–Crippen LogP) is 1.75. The van der Waals surface area contributed by atoms with E-state index in [4.69, 9.17) is 0 Å². The van der Waals surface area contributed by atoms with Crippen molar-refractivity contribution in [3.05, 3.63) is 54.4 Å². The fourth-order valence-electron chi connectivity index (χ4n) is 1.33. The van der Waals surface area contributed by atoms with Crippen LogP contribution in [0.15, 0.2) is 48.8 Å². The molecule has 1 aromatic carbocycles. The van der Waals surface area contributed by atoms with Crippen molar-refractivity contribution in [1.82, 2.24) is 9.97 Å². The van der Waals surface area contributed by atoms with E-state index in [1.807, 2.05) is 18.2 Å². The summed E-state index contributed by atoms with van der Waals surface area (Å²) in [6.07, 6.45) is 3.22. The van der Waals surface area contributed by atoms with Crippen molar-refractivity contribution in [1.29, 1.82) is 0 Å². The first-order valence-corrected chi connectivity index (χ1v) is 4.89. The molecule has 0 aliphatic heterocycles. The van der Waals surface area contributed by atoms with E-state index in [9.17, 15) is 4.79 Å². The molecule has 0 aliphatic carbocycles. The van der Waals surface area contributed by atoms with Crippen LogP contribution in [0.25, 0.3) is 0 Å². The van der Waals surface area contributed by atoms with Crippen molar-refractivity contribution in [2.75, 3.05) is 11.9 Å². The van der Waals surface area contributed by atoms with E-state index in [-0.39, 0.29) is 5.91 Å². The Bertz CT molecular complexity index is 470. The molecule has 80 valence electrons. The zero-order chi connectivity index (χ0) is 11.4. The smallest absolute Gasteiger partial charge is 0.260 e. The Balaban J connectivity index is 2.24. The predicted molar refractivity (Wildman–Crippen MR) is 61.2 cm³/mol. The van der Waals surface area contributed by atoms with Gasteiger partial charge in [-0.2, -0.15) is 0 Å². The Morgan fingerprint density at radius 2 is 1.69 bits per heavy atom. The third-order valence-electron chi connectivity index (χ3n) is 2.18. The first kappa shape index (κ1) is 10.3. The van der Waals surface area contributed by atoms with Crippen LogP contribution < -0.4 is 4.90 Å². The molecule has 0 atom stereocenters. The Morgan fingerprint density at radius 3 is 2.31 bits per heavy atom. The molecule has 0 radical (unpaired) electrons. The molecule has 2 aromatic rings. The van der Waals surface area contributed by atoms with E-state index in [2.05, 4.69) is 9.97 Å². The molecule has 1 amide bonds. The second-order valence-electron chi connectivity index (χ2n) is 3.28. The van der Waals surface area contributed by atoms with Gasteiger partial charge in [-0.3, -0.25) is 9.69 Å². The Hall–Kier alpha value is -2.23. The molecule has 1 aromatic heterocycles. The molecule has 16 heavy (non-hydrogen) atoms. The van der Waals surface area contributed by atoms with E-state index < -0.39 is 0 Å². The van der Waals surface area contributed by atoms with Crippen LogP contribution in [-0.4, -0.2) is 22.9 Å². The van der Waals surface area contributed by atoms with Crippen LogP contribution >= 0.6 is 0 Å². The fraction of sp³-hybridized carbons (Fsp3) is 0.0833. The summed E-state index contributed by atoms with van der Waals surface area (Å²) < 4.78 is 0. The van der Waals surface area contributed by atoms with Gasteiger partial charge in [0, 0.05) is 25.0 Å². The summed E-state index contributed by atoms with van der Waals surface area (Å²) in [4.78, 5) is 21.5. The van der Waals surface area contributed by atoms with Gasteiger partial charge in [-0.05, 0) is 18.2 Å². The van der Waals surface area contributed by atoms with Gasteiger partial charge < -0.3 is 0 Å². The van der Waals surface area contributed by atoms with Crippen molar-refractivity contribution in [3.63, 3.8) is 0 Å². The lowest BCUT2D eigenvalue weighted by Crippen LogP contribution is -2.27. The van der Waals surface area contributed by atoms with E-state index in [1.54, 1.807) is 37.6 Å². The molecule has 0 N–H and O–H groups in total. The second-order valence-corrected chi connectivity index (χ2v) is 3.28. The lowest BCUT2D eigenvalue weighted by Gasteiger charge is -2.14. The molecular formula is C12H11N3O. The van der Waals surface area contributed by atoms with Crippen LogP contribution in [-0.2, 0) is 0 Å². The second kappa shape index (κ2) is 4.53. The Kier molecular flexibility index (Phi) is 2.91. The maximum atomic E-state index is 12.0. The molecule has 0 saturated heterocycles. The summed E-state index contributed by atoms with van der Waals surface area (Å²) in [7, 11) is 1.66. The third-order valence-corrected chi connectivity index (χ3v) is 2.18. The monoisotopic (exact) mass is 213 g/mol. The molecule has 1 heterocycles. The molecule has 2 rings (SSSR count). The van der Waals surface area contributed by atoms with Crippen LogP contribution in [0.4, 0.5) is 5.95 Å². The normalized spacial score (nSPS) is 9.81. The Labute approximate surface area is 93.6 Å². The first-order valence-electron chi connectivity index (χ1n) is 4.89. The molecule has 0 unspecified atom stereocenters. The minimum atomic E-state index is -0.119. The highest BCUT2D eigenvalue weighted by atomic mass is 16.2. The highest BCUT2D eigenvalue weighted by molar-refractivity contribution is 6.04. The van der Waals surface area contributed by atoms with Crippen molar-refractivity contribution in [2.24, 2.45) is 0 Å². The van der Waals surface area contributed by atoms with Gasteiger partial charge in [-0.15, -0.1) is 0 Å². The number of hydrogen-bond acceptors (Lipinski definition) is 3. The van der Waals surface area contributed by atoms with Crippen LogP contribution in [0.3, 0.4) is 0 Å². The van der Waals surface area contributed by atoms with Crippen LogP contribution in [0, 0.1) is 0 Å². The van der Waals surface area contributed by atoms with E-state index in [0.717, 1.165) is 0 Å². The molecule has 0 aliphatic rings. The Morgan fingerprint density at radius 1 is 1.06 bits per heavy atom. The maximum absolute atomic E-state index is 12.0. The number of nitrogens with zero attached hydrogens (tertiary/aromatic N) is 3. The number of hydrogen-bond donors (Lipinski definition) is 0. The summed E-state index contributed by atoms with van der Waals surface area (Å²) in [6.45, 7) is 0. The summed E-state index contributed by atoms with van der Waals surface area (Å²) in [5, 5.41) is 0. The van der Waals surface area contributed by atoms with Crippen molar-refractivity contribution in [3.8, 4) is 0 Å². The van der Waals surface area contributed by atoms with E-state index >= 15 is 0 Å². The third kappa shape index (κ3) is 2.06. The van der Waals surface area contributed by atoms with Crippen LogP contribution in [0.5, 0.6) is 0 Å². The molecule has 0 bridgehead atoms. The summed E-state index contributed by atoms with van der Waals surface area (Å²) in [5.74, 6) is 0.281. The van der Waals surface area contributed by atoms with Crippen molar-refractivity contribution >= 4 is 11.9 Å². The van der Waals surface area contributed by atoms with Crippen molar-refractivity contribution in [2.45, 2.75) is 0 Å². The summed E-state index contributed by atoms with van der Waals surface area (Å²) in [6, 6.07) is 10.8. The van der Waals surface area contributed by atoms with Gasteiger partial charge in [0.1, 0.15) is 0 Å². The number of amides is 1. The van der Waals surface area contributed by atoms with Gasteiger partial charge in [-0.1, -0.05) is 18.2 Å². The number of carbonyl (C=O) groups is 1. The average Bonchev–Trinajstić information content (AvgIpc) is 2.39. The molecule has 4 nitrogen and oxygen atoms in total. The first-order chi connectivity index (χ1) is 7.79. The highest BCUT2D eigenvalue weighted by Gasteiger charge is 2.14. The molecular weight excluding hydrogens is 202 g/mol. The quantitative estimate of drug-likeness (QED) is 0.763. The lowest BCUT2D eigenvalue weighted by molar-refractivity contribution is 0.0991. The van der Waals surface area contributed by atoms with Gasteiger partial charge in [0.25, 0.3) is 5.91 Å². The molecule has 0 fully saturated rings. The van der Waals surface area contributed by atoms with Gasteiger partial charge in [0.2, 0.25) is 5.95 Å². The molecule has 0 spiro atoms. The molecule has 4 heteroatoms. The number of aromatic nitrogens is 2. The minimum absolute atomic E-state index is 0.119. The van der Waals surface area contributed by atoms with Gasteiger partial charge >= 0.3 is 0 Å². The lowest BCUT2D eigenvalue weighted by atomic mass is 10.2. The summed E-state index contributed by atoms with van der Waals surface area (Å²) >= 11 is 0. The van der Waals surface area contributed by atoms with Gasteiger partial charge in [-0.25, -0.2) is 9.97 Å². The molecule has 0 saturated carbocycles. The van der Waals surface area contributed by atoms with Gasteiger partial charge in [0.05, 0.1) is 0 Å². The maximum Gasteiger partial charge on any atom is 0.260 e. The van der Waals surface area contributed by atoms with E-state index in [1.165, 1.54) is 4.90 Å². The standard InChI is InChI=1S/C12H11N3O/c1-15(12-13-8-5-9-14-12)11(16)10-6-3-2-4-7-10/h2-9H,1H3. The largest absolute Gasteiger partial charge is 0.280 e. The highest BCUT2D eigenvalue weighted by Crippen LogP contribution is 2.08. The summed E-state index contributed by atoms with van der Waals surface area (Å²) in [5.41, 5.74) is 0.623. The van der Waals surface area contributed by atoms with Crippen LogP contribution in [0.1, 0.15) is 10.4 Å². The van der Waals surface area contributed by atoms with Crippen molar-refractivity contribution < 1.29 is 4.79 Å².